The smallest absolute Gasteiger partial charge is 0.0646 e. The van der Waals surface area contributed by atoms with Gasteiger partial charge in [0.2, 0.25) is 0 Å². The Kier molecular flexibility index (Phi) is 5.01. The second kappa shape index (κ2) is 6.53. The van der Waals surface area contributed by atoms with Gasteiger partial charge in [0.1, 0.15) is 0 Å². The second-order valence-electron chi connectivity index (χ2n) is 4.51. The fourth-order valence-corrected chi connectivity index (χ4v) is 3.41. The molecule has 0 bridgehead atoms. The SMILES string of the molecule is Nc1ccc(SCCC2CCNCC2)cc1Cl. The lowest BCUT2D eigenvalue weighted by Gasteiger charge is -2.22. The Bertz CT molecular complexity index is 364. The summed E-state index contributed by atoms with van der Waals surface area (Å²) in [5, 5.41) is 4.06. The van der Waals surface area contributed by atoms with Gasteiger partial charge in [0, 0.05) is 4.90 Å². The van der Waals surface area contributed by atoms with Crippen LogP contribution in [0.5, 0.6) is 0 Å². The van der Waals surface area contributed by atoms with Crippen LogP contribution in [-0.2, 0) is 0 Å². The largest absolute Gasteiger partial charge is 0.398 e. The molecule has 2 nitrogen and oxygen atoms in total. The summed E-state index contributed by atoms with van der Waals surface area (Å²) in [6, 6.07) is 5.90. The number of hydrogen-bond donors (Lipinski definition) is 2. The number of nitrogens with two attached hydrogens (primary N) is 1. The molecule has 1 saturated heterocycles. The van der Waals surface area contributed by atoms with Gasteiger partial charge in [-0.1, -0.05) is 11.6 Å². The standard InChI is InChI=1S/C13H19ClN2S/c14-12-9-11(1-2-13(12)15)17-8-5-10-3-6-16-7-4-10/h1-2,9-10,16H,3-8,15H2. The van der Waals surface area contributed by atoms with Gasteiger partial charge in [-0.3, -0.25) is 0 Å². The molecule has 0 aromatic heterocycles. The van der Waals surface area contributed by atoms with Gasteiger partial charge < -0.3 is 11.1 Å². The van der Waals surface area contributed by atoms with Gasteiger partial charge in [0.25, 0.3) is 0 Å². The predicted octanol–water partition coefficient (Wildman–Crippen LogP) is 3.40. The summed E-state index contributed by atoms with van der Waals surface area (Å²) >= 11 is 7.87. The first-order chi connectivity index (χ1) is 8.25. The first-order valence-electron chi connectivity index (χ1n) is 6.14. The average molecular weight is 271 g/mol. The van der Waals surface area contributed by atoms with E-state index >= 15 is 0 Å². The molecule has 0 amide bonds. The molecule has 1 aliphatic rings. The summed E-state index contributed by atoms with van der Waals surface area (Å²) < 4.78 is 0. The molecule has 0 radical (unpaired) electrons. The van der Waals surface area contributed by atoms with Crippen LogP contribution in [0, 0.1) is 5.92 Å². The monoisotopic (exact) mass is 270 g/mol. The van der Waals surface area contributed by atoms with Crippen LogP contribution in [0.1, 0.15) is 19.3 Å². The highest BCUT2D eigenvalue weighted by Gasteiger charge is 2.12. The van der Waals surface area contributed by atoms with E-state index in [9.17, 15) is 0 Å². The minimum atomic E-state index is 0.661. The zero-order chi connectivity index (χ0) is 12.1. The van der Waals surface area contributed by atoms with Crippen molar-refractivity contribution in [2.45, 2.75) is 24.2 Å². The zero-order valence-corrected chi connectivity index (χ0v) is 11.5. The molecule has 1 fully saturated rings. The first-order valence-corrected chi connectivity index (χ1v) is 7.50. The molecule has 2 rings (SSSR count). The normalized spacial score (nSPS) is 17.2. The van der Waals surface area contributed by atoms with Gasteiger partial charge in [0.15, 0.2) is 0 Å². The summed E-state index contributed by atoms with van der Waals surface area (Å²) in [5.41, 5.74) is 6.35. The lowest BCUT2D eigenvalue weighted by atomic mass is 9.96. The van der Waals surface area contributed by atoms with Crippen LogP contribution in [0.3, 0.4) is 0 Å². The number of thioether (sulfide) groups is 1. The zero-order valence-electron chi connectivity index (χ0n) is 9.92. The molecule has 0 aliphatic carbocycles. The maximum absolute atomic E-state index is 5.99. The third kappa shape index (κ3) is 4.09. The maximum Gasteiger partial charge on any atom is 0.0646 e. The lowest BCUT2D eigenvalue weighted by Crippen LogP contribution is -2.27. The van der Waals surface area contributed by atoms with Crippen molar-refractivity contribution in [3.05, 3.63) is 23.2 Å². The molecule has 1 heterocycles. The Morgan fingerprint density at radius 3 is 2.82 bits per heavy atom. The molecular formula is C13H19ClN2S. The molecule has 1 aromatic rings. The van der Waals surface area contributed by atoms with Crippen molar-refractivity contribution >= 4 is 29.1 Å². The number of hydrogen-bond acceptors (Lipinski definition) is 3. The Labute approximate surface area is 112 Å². The number of nitrogen functional groups attached to an aromatic ring is 1. The lowest BCUT2D eigenvalue weighted by molar-refractivity contribution is 0.367. The minimum Gasteiger partial charge on any atom is -0.398 e. The summed E-state index contributed by atoms with van der Waals surface area (Å²) in [6.07, 6.45) is 3.94. The highest BCUT2D eigenvalue weighted by Crippen LogP contribution is 2.28. The first kappa shape index (κ1) is 13.1. The van der Waals surface area contributed by atoms with Crippen LogP contribution in [0.25, 0.3) is 0 Å². The number of nitrogens with one attached hydrogen (secondary N) is 1. The van der Waals surface area contributed by atoms with Crippen molar-refractivity contribution < 1.29 is 0 Å². The Morgan fingerprint density at radius 1 is 1.35 bits per heavy atom. The van der Waals surface area contributed by atoms with Crippen molar-refractivity contribution in [2.75, 3.05) is 24.6 Å². The molecule has 0 spiro atoms. The van der Waals surface area contributed by atoms with Gasteiger partial charge in [-0.15, -0.1) is 11.8 Å². The summed E-state index contributed by atoms with van der Waals surface area (Å²) in [4.78, 5) is 1.22. The molecular weight excluding hydrogens is 252 g/mol. The van der Waals surface area contributed by atoms with E-state index < -0.39 is 0 Å². The number of halogens is 1. The highest BCUT2D eigenvalue weighted by atomic mass is 35.5. The van der Waals surface area contributed by atoms with E-state index in [1.807, 2.05) is 30.0 Å². The van der Waals surface area contributed by atoms with Crippen molar-refractivity contribution in [1.82, 2.24) is 5.32 Å². The predicted molar refractivity (Wildman–Crippen MR) is 76.8 cm³/mol. The van der Waals surface area contributed by atoms with Gasteiger partial charge in [-0.2, -0.15) is 0 Å². The van der Waals surface area contributed by atoms with Gasteiger partial charge >= 0.3 is 0 Å². The Hall–Kier alpha value is -0.380. The van der Waals surface area contributed by atoms with Gasteiger partial charge in [-0.05, 0) is 62.2 Å². The van der Waals surface area contributed by atoms with E-state index in [4.69, 9.17) is 17.3 Å². The number of piperidine rings is 1. The third-order valence-corrected chi connectivity index (χ3v) is 4.58. The average Bonchev–Trinajstić information content (AvgIpc) is 2.35. The highest BCUT2D eigenvalue weighted by molar-refractivity contribution is 7.99. The second-order valence-corrected chi connectivity index (χ2v) is 6.09. The van der Waals surface area contributed by atoms with Crippen molar-refractivity contribution in [2.24, 2.45) is 5.92 Å². The van der Waals surface area contributed by atoms with Crippen LogP contribution in [-0.4, -0.2) is 18.8 Å². The minimum absolute atomic E-state index is 0.661. The van der Waals surface area contributed by atoms with Crippen LogP contribution in [0.2, 0.25) is 5.02 Å². The fourth-order valence-electron chi connectivity index (χ4n) is 2.11. The topological polar surface area (TPSA) is 38.0 Å². The van der Waals surface area contributed by atoms with E-state index in [-0.39, 0.29) is 0 Å². The number of anilines is 1. The molecule has 1 aromatic carbocycles. The van der Waals surface area contributed by atoms with E-state index in [1.54, 1.807) is 0 Å². The molecule has 17 heavy (non-hydrogen) atoms. The van der Waals surface area contributed by atoms with Crippen molar-refractivity contribution in [3.8, 4) is 0 Å². The Morgan fingerprint density at radius 2 is 2.12 bits per heavy atom. The molecule has 0 atom stereocenters. The molecule has 94 valence electrons. The van der Waals surface area contributed by atoms with Crippen LogP contribution < -0.4 is 11.1 Å². The maximum atomic E-state index is 5.99. The number of rotatable bonds is 4. The van der Waals surface area contributed by atoms with Crippen LogP contribution in [0.4, 0.5) is 5.69 Å². The molecule has 0 unspecified atom stereocenters. The molecule has 1 aliphatic heterocycles. The summed E-state index contributed by atoms with van der Waals surface area (Å²) in [5.74, 6) is 2.07. The van der Waals surface area contributed by atoms with Gasteiger partial charge in [0.05, 0.1) is 10.7 Å². The van der Waals surface area contributed by atoms with E-state index in [0.29, 0.717) is 10.7 Å². The quantitative estimate of drug-likeness (QED) is 0.651. The molecule has 0 saturated carbocycles. The fraction of sp³-hybridized carbons (Fsp3) is 0.538. The van der Waals surface area contributed by atoms with Gasteiger partial charge in [-0.25, -0.2) is 0 Å². The summed E-state index contributed by atoms with van der Waals surface area (Å²) in [6.45, 7) is 2.37. The third-order valence-electron chi connectivity index (χ3n) is 3.23. The molecule has 4 heteroatoms. The van der Waals surface area contributed by atoms with E-state index in [1.165, 1.54) is 43.0 Å². The van der Waals surface area contributed by atoms with Crippen molar-refractivity contribution in [1.29, 1.82) is 0 Å². The van der Waals surface area contributed by atoms with Crippen LogP contribution >= 0.6 is 23.4 Å². The number of benzene rings is 1. The Balaban J connectivity index is 1.75. The molecule has 3 N–H and O–H groups in total. The summed E-state index contributed by atoms with van der Waals surface area (Å²) in [7, 11) is 0. The van der Waals surface area contributed by atoms with E-state index in [2.05, 4.69) is 5.32 Å². The van der Waals surface area contributed by atoms with Crippen molar-refractivity contribution in [3.63, 3.8) is 0 Å². The van der Waals surface area contributed by atoms with Crippen LogP contribution in [0.15, 0.2) is 23.1 Å². The van der Waals surface area contributed by atoms with E-state index in [0.717, 1.165) is 5.92 Å².